The number of benzene rings is 2. The molecule has 134 valence electrons. The molecule has 2 aromatic carbocycles. The second kappa shape index (κ2) is 6.28. The van der Waals surface area contributed by atoms with Crippen LogP contribution in [0.3, 0.4) is 0 Å². The highest BCUT2D eigenvalue weighted by atomic mass is 19.1. The van der Waals surface area contributed by atoms with Crippen molar-refractivity contribution in [1.82, 2.24) is 14.9 Å². The summed E-state index contributed by atoms with van der Waals surface area (Å²) < 4.78 is 21.5. The van der Waals surface area contributed by atoms with E-state index in [1.165, 1.54) is 0 Å². The fraction of sp³-hybridized carbons (Fsp3) is 0.182. The van der Waals surface area contributed by atoms with Gasteiger partial charge < -0.3 is 9.32 Å². The summed E-state index contributed by atoms with van der Waals surface area (Å²) in [4.78, 5) is 10.4. The fourth-order valence-electron chi connectivity index (χ4n) is 3.92. The van der Waals surface area contributed by atoms with E-state index in [0.29, 0.717) is 23.4 Å². The molecular formula is C22H18FN3O. The third kappa shape index (κ3) is 2.71. The zero-order valence-electron chi connectivity index (χ0n) is 14.9. The van der Waals surface area contributed by atoms with E-state index in [2.05, 4.69) is 20.9 Å². The first-order valence-corrected chi connectivity index (χ1v) is 8.95. The predicted molar refractivity (Wildman–Crippen MR) is 102 cm³/mol. The summed E-state index contributed by atoms with van der Waals surface area (Å²) in [5.41, 5.74) is 3.58. The largest absolute Gasteiger partial charge is 0.460 e. The molecule has 0 aliphatic carbocycles. The van der Waals surface area contributed by atoms with Gasteiger partial charge in [-0.05, 0) is 30.8 Å². The van der Waals surface area contributed by atoms with Crippen LogP contribution in [0.2, 0.25) is 0 Å². The van der Waals surface area contributed by atoms with Gasteiger partial charge in [0.1, 0.15) is 17.2 Å². The van der Waals surface area contributed by atoms with Crippen molar-refractivity contribution in [2.24, 2.45) is 0 Å². The minimum Gasteiger partial charge on any atom is -0.460 e. The Morgan fingerprint density at radius 1 is 1.15 bits per heavy atom. The molecule has 0 fully saturated rings. The van der Waals surface area contributed by atoms with Crippen molar-refractivity contribution in [3.05, 3.63) is 83.8 Å². The van der Waals surface area contributed by atoms with Gasteiger partial charge in [-0.2, -0.15) is 0 Å². The second-order valence-corrected chi connectivity index (χ2v) is 7.02. The summed E-state index contributed by atoms with van der Waals surface area (Å²) in [5.74, 6) is 0.646. The molecule has 5 rings (SSSR count). The van der Waals surface area contributed by atoms with Gasteiger partial charge in [-0.3, -0.25) is 9.97 Å². The van der Waals surface area contributed by atoms with Crippen molar-refractivity contribution in [3.63, 3.8) is 0 Å². The number of hydrogen-bond acceptors (Lipinski definition) is 4. The number of fused-ring (bicyclic) bond motifs is 2. The van der Waals surface area contributed by atoms with E-state index in [1.54, 1.807) is 24.7 Å². The average molecular weight is 359 g/mol. The van der Waals surface area contributed by atoms with E-state index in [9.17, 15) is 0 Å². The molecule has 0 radical (unpaired) electrons. The standard InChI is InChI=1S/C22H18FN3O/c1-26-12-17(21-10-14-4-2-3-5-20(14)27-21)15-6-7-16(22(23)18(15)13-26)19-11-24-8-9-25-19/h2-11,17H,12-13H2,1H3. The van der Waals surface area contributed by atoms with Crippen LogP contribution in [0.1, 0.15) is 22.8 Å². The maximum Gasteiger partial charge on any atom is 0.137 e. The van der Waals surface area contributed by atoms with Crippen LogP contribution in [0.15, 0.2) is 65.5 Å². The normalized spacial score (nSPS) is 17.2. The first-order valence-electron chi connectivity index (χ1n) is 8.95. The molecule has 5 heteroatoms. The van der Waals surface area contributed by atoms with E-state index in [1.807, 2.05) is 37.4 Å². The topological polar surface area (TPSA) is 42.2 Å². The molecule has 1 aliphatic heterocycles. The van der Waals surface area contributed by atoms with Gasteiger partial charge in [0, 0.05) is 42.0 Å². The van der Waals surface area contributed by atoms with Crippen LogP contribution >= 0.6 is 0 Å². The van der Waals surface area contributed by atoms with E-state index < -0.39 is 0 Å². The third-order valence-corrected chi connectivity index (χ3v) is 5.20. The Balaban J connectivity index is 1.64. The molecule has 0 spiro atoms. The molecule has 4 aromatic rings. The smallest absolute Gasteiger partial charge is 0.137 e. The summed E-state index contributed by atoms with van der Waals surface area (Å²) in [5, 5.41) is 1.07. The quantitative estimate of drug-likeness (QED) is 0.524. The van der Waals surface area contributed by atoms with E-state index >= 15 is 4.39 Å². The van der Waals surface area contributed by atoms with Crippen molar-refractivity contribution < 1.29 is 8.81 Å². The van der Waals surface area contributed by atoms with Crippen molar-refractivity contribution >= 4 is 11.0 Å². The van der Waals surface area contributed by atoms with Gasteiger partial charge in [0.25, 0.3) is 0 Å². The Labute approximate surface area is 156 Å². The SMILES string of the molecule is CN1Cc2c(ccc(-c3cnccn3)c2F)C(c2cc3ccccc3o2)C1. The first kappa shape index (κ1) is 16.1. The number of nitrogens with zero attached hydrogens (tertiary/aromatic N) is 3. The molecule has 1 unspecified atom stereocenters. The lowest BCUT2D eigenvalue weighted by Crippen LogP contribution is -2.31. The van der Waals surface area contributed by atoms with Gasteiger partial charge in [-0.15, -0.1) is 0 Å². The predicted octanol–water partition coefficient (Wildman–Crippen LogP) is 4.61. The van der Waals surface area contributed by atoms with Crippen LogP contribution < -0.4 is 0 Å². The van der Waals surface area contributed by atoms with E-state index in [-0.39, 0.29) is 11.7 Å². The van der Waals surface area contributed by atoms with Crippen molar-refractivity contribution in [3.8, 4) is 11.3 Å². The highest BCUT2D eigenvalue weighted by Crippen LogP contribution is 2.38. The molecule has 4 nitrogen and oxygen atoms in total. The van der Waals surface area contributed by atoms with E-state index in [0.717, 1.165) is 28.8 Å². The molecular weight excluding hydrogens is 341 g/mol. The minimum absolute atomic E-state index is 0.00319. The summed E-state index contributed by atoms with van der Waals surface area (Å²) in [6.07, 6.45) is 4.76. The number of hydrogen-bond donors (Lipinski definition) is 0. The van der Waals surface area contributed by atoms with Crippen LogP contribution in [0.5, 0.6) is 0 Å². The second-order valence-electron chi connectivity index (χ2n) is 7.02. The van der Waals surface area contributed by atoms with Crippen LogP contribution in [0, 0.1) is 5.82 Å². The Morgan fingerprint density at radius 2 is 2.04 bits per heavy atom. The fourth-order valence-corrected chi connectivity index (χ4v) is 3.92. The number of halogens is 1. The molecule has 27 heavy (non-hydrogen) atoms. The first-order chi connectivity index (χ1) is 13.2. The van der Waals surface area contributed by atoms with Gasteiger partial charge in [-0.1, -0.05) is 24.3 Å². The number of rotatable bonds is 2. The lowest BCUT2D eigenvalue weighted by molar-refractivity contribution is 0.276. The average Bonchev–Trinajstić information content (AvgIpc) is 3.13. The lowest BCUT2D eigenvalue weighted by atomic mass is 9.86. The number of furan rings is 1. The summed E-state index contributed by atoms with van der Waals surface area (Å²) >= 11 is 0. The van der Waals surface area contributed by atoms with Gasteiger partial charge >= 0.3 is 0 Å². The molecule has 0 bridgehead atoms. The van der Waals surface area contributed by atoms with Gasteiger partial charge in [0.05, 0.1) is 17.8 Å². The van der Waals surface area contributed by atoms with Gasteiger partial charge in [-0.25, -0.2) is 4.39 Å². The molecule has 2 aromatic heterocycles. The number of likely N-dealkylation sites (N-methyl/N-ethyl adjacent to an activating group) is 1. The van der Waals surface area contributed by atoms with Crippen LogP contribution in [-0.4, -0.2) is 28.5 Å². The van der Waals surface area contributed by atoms with Crippen molar-refractivity contribution in [2.75, 3.05) is 13.6 Å². The van der Waals surface area contributed by atoms with Crippen LogP contribution in [0.4, 0.5) is 4.39 Å². The molecule has 0 saturated heterocycles. The van der Waals surface area contributed by atoms with Crippen LogP contribution in [-0.2, 0) is 6.54 Å². The Hall–Kier alpha value is -3.05. The molecule has 3 heterocycles. The molecule has 0 amide bonds. The monoisotopic (exact) mass is 359 g/mol. The van der Waals surface area contributed by atoms with Gasteiger partial charge in [0.15, 0.2) is 0 Å². The minimum atomic E-state index is -0.222. The lowest BCUT2D eigenvalue weighted by Gasteiger charge is -2.32. The Morgan fingerprint density at radius 3 is 2.85 bits per heavy atom. The highest BCUT2D eigenvalue weighted by Gasteiger charge is 2.30. The third-order valence-electron chi connectivity index (χ3n) is 5.20. The number of para-hydroxylation sites is 1. The Kier molecular flexibility index (Phi) is 3.76. The summed E-state index contributed by atoms with van der Waals surface area (Å²) in [6, 6.07) is 13.8. The maximum atomic E-state index is 15.4. The molecule has 1 aliphatic rings. The molecule has 1 atom stereocenters. The molecule has 0 N–H and O–H groups in total. The summed E-state index contributed by atoms with van der Waals surface area (Å²) in [7, 11) is 2.01. The highest BCUT2D eigenvalue weighted by molar-refractivity contribution is 5.78. The zero-order chi connectivity index (χ0) is 18.4. The number of aromatic nitrogens is 2. The maximum absolute atomic E-state index is 15.4. The zero-order valence-corrected chi connectivity index (χ0v) is 14.9. The van der Waals surface area contributed by atoms with Gasteiger partial charge in [0.2, 0.25) is 0 Å². The van der Waals surface area contributed by atoms with E-state index in [4.69, 9.17) is 4.42 Å². The summed E-state index contributed by atoms with van der Waals surface area (Å²) in [6.45, 7) is 1.35. The van der Waals surface area contributed by atoms with Crippen molar-refractivity contribution in [1.29, 1.82) is 0 Å². The van der Waals surface area contributed by atoms with Crippen molar-refractivity contribution in [2.45, 2.75) is 12.5 Å². The van der Waals surface area contributed by atoms with Crippen LogP contribution in [0.25, 0.3) is 22.2 Å². The molecule has 0 saturated carbocycles. The Bertz CT molecular complexity index is 1090.